The van der Waals surface area contributed by atoms with E-state index in [0.717, 1.165) is 15.7 Å². The normalized spacial score (nSPS) is 10.1. The van der Waals surface area contributed by atoms with Crippen molar-refractivity contribution in [2.45, 2.75) is 6.54 Å². The van der Waals surface area contributed by atoms with Crippen molar-refractivity contribution in [2.24, 2.45) is 0 Å². The average molecular weight is 281 g/mol. The van der Waals surface area contributed by atoms with Gasteiger partial charge in [-0.15, -0.1) is 0 Å². The summed E-state index contributed by atoms with van der Waals surface area (Å²) in [6, 6.07) is 5.78. The maximum Gasteiger partial charge on any atom is 0.207 e. The molecule has 5 nitrogen and oxygen atoms in total. The molecule has 0 aliphatic rings. The molecule has 0 spiro atoms. The van der Waals surface area contributed by atoms with E-state index in [1.807, 2.05) is 18.2 Å². The monoisotopic (exact) mass is 280 g/mol. The molecule has 1 amide bonds. The van der Waals surface area contributed by atoms with Crippen molar-refractivity contribution in [3.63, 3.8) is 0 Å². The van der Waals surface area contributed by atoms with E-state index in [2.05, 4.69) is 31.3 Å². The molecule has 0 unspecified atom stereocenters. The van der Waals surface area contributed by atoms with Crippen molar-refractivity contribution in [1.29, 1.82) is 0 Å². The van der Waals surface area contributed by atoms with E-state index >= 15 is 0 Å². The zero-order valence-electron chi connectivity index (χ0n) is 8.30. The summed E-state index contributed by atoms with van der Waals surface area (Å²) in [6.07, 6.45) is 3.79. The highest BCUT2D eigenvalue weighted by Gasteiger charge is 2.03. The Kier molecular flexibility index (Phi) is 3.31. The second-order valence-corrected chi connectivity index (χ2v) is 3.98. The Balaban J connectivity index is 2.26. The Morgan fingerprint density at radius 3 is 3.00 bits per heavy atom. The first-order valence-electron chi connectivity index (χ1n) is 4.61. The zero-order chi connectivity index (χ0) is 11.4. The highest BCUT2D eigenvalue weighted by molar-refractivity contribution is 9.10. The van der Waals surface area contributed by atoms with Crippen LogP contribution in [0.25, 0.3) is 5.69 Å². The summed E-state index contributed by atoms with van der Waals surface area (Å²) < 4.78 is 2.57. The van der Waals surface area contributed by atoms with E-state index in [9.17, 15) is 4.79 Å². The van der Waals surface area contributed by atoms with Crippen LogP contribution in [0, 0.1) is 0 Å². The van der Waals surface area contributed by atoms with Crippen LogP contribution in [-0.4, -0.2) is 21.2 Å². The molecular formula is C10H9BrN4O. The fourth-order valence-corrected chi connectivity index (χ4v) is 1.95. The topological polar surface area (TPSA) is 59.8 Å². The molecule has 1 heterocycles. The molecule has 0 fully saturated rings. The van der Waals surface area contributed by atoms with Gasteiger partial charge in [-0.25, -0.2) is 9.67 Å². The minimum absolute atomic E-state index is 0.514. The number of carbonyl (C=O) groups is 1. The fourth-order valence-electron chi connectivity index (χ4n) is 1.34. The number of carbonyl (C=O) groups excluding carboxylic acids is 1. The number of benzene rings is 1. The SMILES string of the molecule is O=CNCc1ccc(-n2cncn2)c(Br)c1. The van der Waals surface area contributed by atoms with Gasteiger partial charge in [0.25, 0.3) is 0 Å². The smallest absolute Gasteiger partial charge is 0.207 e. The number of aromatic nitrogens is 3. The van der Waals surface area contributed by atoms with E-state index in [1.54, 1.807) is 11.0 Å². The van der Waals surface area contributed by atoms with Gasteiger partial charge < -0.3 is 5.32 Å². The molecule has 0 saturated carbocycles. The first-order valence-corrected chi connectivity index (χ1v) is 5.41. The van der Waals surface area contributed by atoms with Crippen molar-refractivity contribution in [3.05, 3.63) is 40.9 Å². The summed E-state index contributed by atoms with van der Waals surface area (Å²) >= 11 is 3.46. The van der Waals surface area contributed by atoms with Gasteiger partial charge in [-0.2, -0.15) is 5.10 Å². The van der Waals surface area contributed by atoms with Crippen LogP contribution in [0.15, 0.2) is 35.3 Å². The van der Waals surface area contributed by atoms with E-state index in [4.69, 9.17) is 0 Å². The lowest BCUT2D eigenvalue weighted by Crippen LogP contribution is -2.09. The summed E-state index contributed by atoms with van der Waals surface area (Å²) in [5, 5.41) is 6.65. The molecule has 2 aromatic rings. The van der Waals surface area contributed by atoms with Gasteiger partial charge >= 0.3 is 0 Å². The molecule has 0 atom stereocenters. The number of halogens is 1. The Bertz CT molecular complexity index is 484. The van der Waals surface area contributed by atoms with Crippen molar-refractivity contribution < 1.29 is 4.79 Å². The van der Waals surface area contributed by atoms with E-state index in [1.165, 1.54) is 6.33 Å². The van der Waals surface area contributed by atoms with Crippen LogP contribution >= 0.6 is 15.9 Å². The number of rotatable bonds is 4. The maximum absolute atomic E-state index is 10.2. The minimum atomic E-state index is 0.514. The van der Waals surface area contributed by atoms with Crippen LogP contribution < -0.4 is 5.32 Å². The number of hydrogen-bond acceptors (Lipinski definition) is 3. The van der Waals surface area contributed by atoms with Crippen LogP contribution in [0.4, 0.5) is 0 Å². The van der Waals surface area contributed by atoms with Crippen LogP contribution in [0.3, 0.4) is 0 Å². The molecule has 0 radical (unpaired) electrons. The van der Waals surface area contributed by atoms with Gasteiger partial charge in [0.05, 0.1) is 5.69 Å². The molecule has 1 aromatic heterocycles. The number of hydrogen-bond donors (Lipinski definition) is 1. The number of nitrogens with one attached hydrogen (secondary N) is 1. The van der Waals surface area contributed by atoms with Crippen LogP contribution in [0.1, 0.15) is 5.56 Å². The Hall–Kier alpha value is -1.69. The van der Waals surface area contributed by atoms with Gasteiger partial charge in [-0.3, -0.25) is 4.79 Å². The first kappa shape index (κ1) is 10.8. The van der Waals surface area contributed by atoms with Crippen LogP contribution in [-0.2, 0) is 11.3 Å². The van der Waals surface area contributed by atoms with Crippen LogP contribution in [0.5, 0.6) is 0 Å². The lowest BCUT2D eigenvalue weighted by atomic mass is 10.2. The Morgan fingerprint density at radius 1 is 1.50 bits per heavy atom. The largest absolute Gasteiger partial charge is 0.355 e. The quantitative estimate of drug-likeness (QED) is 0.859. The van der Waals surface area contributed by atoms with E-state index < -0.39 is 0 Å². The van der Waals surface area contributed by atoms with Crippen molar-refractivity contribution in [1.82, 2.24) is 20.1 Å². The molecule has 1 aromatic carbocycles. The van der Waals surface area contributed by atoms with E-state index in [0.29, 0.717) is 13.0 Å². The lowest BCUT2D eigenvalue weighted by Gasteiger charge is -2.06. The molecule has 0 saturated heterocycles. The van der Waals surface area contributed by atoms with Gasteiger partial charge in [0.2, 0.25) is 6.41 Å². The predicted molar refractivity (Wildman–Crippen MR) is 62.0 cm³/mol. The van der Waals surface area contributed by atoms with Gasteiger partial charge in [0.1, 0.15) is 12.7 Å². The number of nitrogens with zero attached hydrogens (tertiary/aromatic N) is 3. The minimum Gasteiger partial charge on any atom is -0.355 e. The molecule has 2 rings (SSSR count). The first-order chi connectivity index (χ1) is 7.81. The third kappa shape index (κ3) is 2.27. The molecule has 16 heavy (non-hydrogen) atoms. The third-order valence-electron chi connectivity index (χ3n) is 2.07. The molecule has 0 bridgehead atoms. The fraction of sp³-hybridized carbons (Fsp3) is 0.100. The zero-order valence-corrected chi connectivity index (χ0v) is 9.89. The standard InChI is InChI=1S/C10H9BrN4O/c11-9-3-8(4-12-7-16)1-2-10(9)15-6-13-5-14-15/h1-3,5-7H,4H2,(H,12,16). The van der Waals surface area contributed by atoms with E-state index in [-0.39, 0.29) is 0 Å². The molecule has 0 aliphatic carbocycles. The van der Waals surface area contributed by atoms with Crippen molar-refractivity contribution in [3.8, 4) is 5.69 Å². The lowest BCUT2D eigenvalue weighted by molar-refractivity contribution is -0.109. The average Bonchev–Trinajstić information content (AvgIpc) is 2.80. The summed E-state index contributed by atoms with van der Waals surface area (Å²) in [5.74, 6) is 0. The maximum atomic E-state index is 10.2. The van der Waals surface area contributed by atoms with Gasteiger partial charge in [-0.05, 0) is 33.6 Å². The Morgan fingerprint density at radius 2 is 2.38 bits per heavy atom. The summed E-state index contributed by atoms with van der Waals surface area (Å²) in [5.41, 5.74) is 1.93. The van der Waals surface area contributed by atoms with Gasteiger partial charge in [0, 0.05) is 11.0 Å². The van der Waals surface area contributed by atoms with Crippen LogP contribution in [0.2, 0.25) is 0 Å². The number of amides is 1. The third-order valence-corrected chi connectivity index (χ3v) is 2.70. The van der Waals surface area contributed by atoms with Crippen molar-refractivity contribution >= 4 is 22.3 Å². The summed E-state index contributed by atoms with van der Waals surface area (Å²) in [7, 11) is 0. The second kappa shape index (κ2) is 4.89. The predicted octanol–water partition coefficient (Wildman–Crippen LogP) is 1.28. The second-order valence-electron chi connectivity index (χ2n) is 3.12. The van der Waals surface area contributed by atoms with Gasteiger partial charge in [-0.1, -0.05) is 6.07 Å². The molecule has 82 valence electrons. The molecule has 0 aliphatic heterocycles. The molecule has 1 N–H and O–H groups in total. The van der Waals surface area contributed by atoms with Gasteiger partial charge in [0.15, 0.2) is 0 Å². The summed E-state index contributed by atoms with van der Waals surface area (Å²) in [4.78, 5) is 14.1. The molecular weight excluding hydrogens is 272 g/mol. The Labute approximate surface area is 101 Å². The van der Waals surface area contributed by atoms with Crippen molar-refractivity contribution in [2.75, 3.05) is 0 Å². The highest BCUT2D eigenvalue weighted by atomic mass is 79.9. The highest BCUT2D eigenvalue weighted by Crippen LogP contribution is 2.21. The summed E-state index contributed by atoms with van der Waals surface area (Å²) in [6.45, 7) is 0.514. The molecule has 6 heteroatoms.